The Kier molecular flexibility index (Phi) is 7.92. The maximum absolute atomic E-state index is 12.8. The zero-order valence-corrected chi connectivity index (χ0v) is 18.3. The molecule has 1 atom stereocenters. The molecule has 3 aromatic rings. The molecule has 0 fully saturated rings. The molecular formula is C21H23N3O4S2. The lowest BCUT2D eigenvalue weighted by Gasteiger charge is -2.17. The van der Waals surface area contributed by atoms with E-state index < -0.39 is 6.04 Å². The molecule has 0 spiro atoms. The summed E-state index contributed by atoms with van der Waals surface area (Å²) < 4.78 is 11.6. The minimum absolute atomic E-state index is 0.159. The van der Waals surface area contributed by atoms with Crippen LogP contribution in [0.5, 0.6) is 11.5 Å². The van der Waals surface area contributed by atoms with Crippen LogP contribution in [-0.4, -0.2) is 48.6 Å². The third-order valence-electron chi connectivity index (χ3n) is 4.20. The molecule has 0 saturated heterocycles. The molecule has 0 bridgehead atoms. The van der Waals surface area contributed by atoms with Crippen molar-refractivity contribution in [1.29, 1.82) is 0 Å². The predicted octanol–water partition coefficient (Wildman–Crippen LogP) is 3.56. The van der Waals surface area contributed by atoms with Crippen molar-refractivity contribution in [3.05, 3.63) is 48.5 Å². The summed E-state index contributed by atoms with van der Waals surface area (Å²) in [6.45, 7) is -0.159. The number of ether oxygens (including phenoxy) is 2. The number of rotatable bonds is 10. The van der Waals surface area contributed by atoms with Crippen molar-refractivity contribution in [2.75, 3.05) is 31.0 Å². The monoisotopic (exact) mass is 445 g/mol. The van der Waals surface area contributed by atoms with E-state index in [-0.39, 0.29) is 18.4 Å². The third-order valence-corrected chi connectivity index (χ3v) is 5.78. The average Bonchev–Trinajstić information content (AvgIpc) is 3.17. The van der Waals surface area contributed by atoms with Crippen LogP contribution in [0.3, 0.4) is 0 Å². The fourth-order valence-electron chi connectivity index (χ4n) is 2.68. The third kappa shape index (κ3) is 6.11. The van der Waals surface area contributed by atoms with Crippen molar-refractivity contribution in [3.63, 3.8) is 0 Å². The number of methoxy groups -OCH3 is 1. The summed E-state index contributed by atoms with van der Waals surface area (Å²) in [6.07, 6.45) is 2.46. The van der Waals surface area contributed by atoms with Gasteiger partial charge >= 0.3 is 0 Å². The molecule has 2 amide bonds. The first-order chi connectivity index (χ1) is 14.6. The molecule has 0 aliphatic rings. The lowest BCUT2D eigenvalue weighted by atomic mass is 10.2. The van der Waals surface area contributed by atoms with Crippen LogP contribution >= 0.6 is 23.1 Å². The molecule has 7 nitrogen and oxygen atoms in total. The Bertz CT molecular complexity index is 994. The number of carbonyl (C=O) groups excluding carboxylic acids is 2. The van der Waals surface area contributed by atoms with Crippen molar-refractivity contribution >= 4 is 50.3 Å². The summed E-state index contributed by atoms with van der Waals surface area (Å²) in [5, 5.41) is 6.06. The SMILES string of the molecule is COc1ccc2nc(NC(=O)[C@@H](CCSC)NC(=O)COc3ccccc3)sc2c1. The van der Waals surface area contributed by atoms with Crippen LogP contribution in [0.15, 0.2) is 48.5 Å². The van der Waals surface area contributed by atoms with E-state index in [0.717, 1.165) is 21.7 Å². The minimum Gasteiger partial charge on any atom is -0.497 e. The maximum Gasteiger partial charge on any atom is 0.258 e. The molecule has 0 aliphatic carbocycles. The van der Waals surface area contributed by atoms with Gasteiger partial charge in [-0.1, -0.05) is 29.5 Å². The molecule has 0 aliphatic heterocycles. The molecule has 3 rings (SSSR count). The van der Waals surface area contributed by atoms with E-state index in [0.29, 0.717) is 17.3 Å². The van der Waals surface area contributed by atoms with Gasteiger partial charge in [-0.2, -0.15) is 11.8 Å². The Hall–Kier alpha value is -2.78. The van der Waals surface area contributed by atoms with E-state index >= 15 is 0 Å². The number of nitrogens with one attached hydrogen (secondary N) is 2. The molecule has 158 valence electrons. The highest BCUT2D eigenvalue weighted by Gasteiger charge is 2.22. The molecule has 2 aromatic carbocycles. The second-order valence-electron chi connectivity index (χ2n) is 6.35. The fraction of sp³-hybridized carbons (Fsp3) is 0.286. The van der Waals surface area contributed by atoms with E-state index in [1.54, 1.807) is 31.0 Å². The summed E-state index contributed by atoms with van der Waals surface area (Å²) in [7, 11) is 1.60. The van der Waals surface area contributed by atoms with Gasteiger partial charge in [-0.3, -0.25) is 9.59 Å². The van der Waals surface area contributed by atoms with Gasteiger partial charge in [-0.25, -0.2) is 4.98 Å². The fourth-order valence-corrected chi connectivity index (χ4v) is 4.05. The molecule has 0 saturated carbocycles. The largest absolute Gasteiger partial charge is 0.497 e. The Morgan fingerprint density at radius 1 is 1.17 bits per heavy atom. The minimum atomic E-state index is -0.675. The van der Waals surface area contributed by atoms with Gasteiger partial charge in [0.15, 0.2) is 11.7 Å². The van der Waals surface area contributed by atoms with Gasteiger partial charge in [-0.15, -0.1) is 0 Å². The summed E-state index contributed by atoms with van der Waals surface area (Å²) >= 11 is 2.97. The molecule has 0 unspecified atom stereocenters. The number of carbonyl (C=O) groups is 2. The number of benzene rings is 2. The number of thiazole rings is 1. The molecule has 1 aromatic heterocycles. The van der Waals surface area contributed by atoms with Crippen LogP contribution in [0.25, 0.3) is 10.2 Å². The quantitative estimate of drug-likeness (QED) is 0.496. The van der Waals surface area contributed by atoms with Crippen molar-refractivity contribution in [1.82, 2.24) is 10.3 Å². The Morgan fingerprint density at radius 2 is 1.97 bits per heavy atom. The molecule has 0 radical (unpaired) electrons. The topological polar surface area (TPSA) is 89.5 Å². The molecule has 9 heteroatoms. The van der Waals surface area contributed by atoms with Gasteiger partial charge in [0.05, 0.1) is 17.3 Å². The number of fused-ring (bicyclic) bond motifs is 1. The number of aromatic nitrogens is 1. The normalized spacial score (nSPS) is 11.7. The molecule has 30 heavy (non-hydrogen) atoms. The zero-order chi connectivity index (χ0) is 21.3. The number of hydrogen-bond acceptors (Lipinski definition) is 7. The van der Waals surface area contributed by atoms with Crippen LogP contribution in [0.2, 0.25) is 0 Å². The van der Waals surface area contributed by atoms with Gasteiger partial charge in [0.1, 0.15) is 17.5 Å². The lowest BCUT2D eigenvalue weighted by molar-refractivity contribution is -0.127. The van der Waals surface area contributed by atoms with Crippen LogP contribution in [-0.2, 0) is 9.59 Å². The van der Waals surface area contributed by atoms with Crippen molar-refractivity contribution in [2.45, 2.75) is 12.5 Å². The molecule has 2 N–H and O–H groups in total. The Balaban J connectivity index is 1.62. The highest BCUT2D eigenvalue weighted by molar-refractivity contribution is 7.98. The number of thioether (sulfide) groups is 1. The average molecular weight is 446 g/mol. The predicted molar refractivity (Wildman–Crippen MR) is 122 cm³/mol. The van der Waals surface area contributed by atoms with Crippen LogP contribution in [0, 0.1) is 0 Å². The number of nitrogens with zero attached hydrogens (tertiary/aromatic N) is 1. The van der Waals surface area contributed by atoms with E-state index in [1.807, 2.05) is 42.7 Å². The summed E-state index contributed by atoms with van der Waals surface area (Å²) in [6, 6.07) is 13.9. The second-order valence-corrected chi connectivity index (χ2v) is 8.36. The second kappa shape index (κ2) is 10.8. The highest BCUT2D eigenvalue weighted by atomic mass is 32.2. The smallest absolute Gasteiger partial charge is 0.258 e. The van der Waals surface area contributed by atoms with Crippen LogP contribution in [0.4, 0.5) is 5.13 Å². The van der Waals surface area contributed by atoms with Crippen molar-refractivity contribution < 1.29 is 19.1 Å². The maximum atomic E-state index is 12.8. The number of amides is 2. The Labute approximate surface area is 183 Å². The van der Waals surface area contributed by atoms with E-state index in [1.165, 1.54) is 11.3 Å². The van der Waals surface area contributed by atoms with Crippen LogP contribution < -0.4 is 20.1 Å². The van der Waals surface area contributed by atoms with Crippen molar-refractivity contribution in [3.8, 4) is 11.5 Å². The summed E-state index contributed by atoms with van der Waals surface area (Å²) in [4.78, 5) is 29.5. The van der Waals surface area contributed by atoms with Gasteiger partial charge in [-0.05, 0) is 48.8 Å². The standard InChI is InChI=1S/C21H23N3O4S2/c1-27-15-8-9-16-18(12-15)30-21(23-16)24-20(26)17(10-11-29-2)22-19(25)13-28-14-6-4-3-5-7-14/h3-9,12,17H,10-11,13H2,1-2H3,(H,22,25)(H,23,24,26)/t17-/m1/s1. The number of anilines is 1. The molecule has 1 heterocycles. The first-order valence-electron chi connectivity index (χ1n) is 9.30. The lowest BCUT2D eigenvalue weighted by Crippen LogP contribution is -2.45. The molecular weight excluding hydrogens is 422 g/mol. The van der Waals surface area contributed by atoms with E-state index in [2.05, 4.69) is 15.6 Å². The summed E-state index contributed by atoms with van der Waals surface area (Å²) in [5.41, 5.74) is 0.775. The summed E-state index contributed by atoms with van der Waals surface area (Å²) in [5.74, 6) is 1.40. The zero-order valence-electron chi connectivity index (χ0n) is 16.7. The van der Waals surface area contributed by atoms with Crippen molar-refractivity contribution in [2.24, 2.45) is 0 Å². The first kappa shape index (κ1) is 21.9. The van der Waals surface area contributed by atoms with E-state index in [9.17, 15) is 9.59 Å². The van der Waals surface area contributed by atoms with Gasteiger partial charge in [0.2, 0.25) is 5.91 Å². The first-order valence-corrected chi connectivity index (χ1v) is 11.5. The van der Waals surface area contributed by atoms with Gasteiger partial charge in [0, 0.05) is 0 Å². The highest BCUT2D eigenvalue weighted by Crippen LogP contribution is 2.29. The number of hydrogen-bond donors (Lipinski definition) is 2. The van der Waals surface area contributed by atoms with E-state index in [4.69, 9.17) is 9.47 Å². The number of para-hydroxylation sites is 1. The van der Waals surface area contributed by atoms with Gasteiger partial charge < -0.3 is 20.1 Å². The van der Waals surface area contributed by atoms with Crippen LogP contribution in [0.1, 0.15) is 6.42 Å². The van der Waals surface area contributed by atoms with Gasteiger partial charge in [0.25, 0.3) is 5.91 Å². The Morgan fingerprint density at radius 3 is 2.70 bits per heavy atom.